The molecule has 6 rings (SSSR count). The number of anilines is 3. The largest absolute Gasteiger partial charge is 0.493 e. The quantitative estimate of drug-likeness (QED) is 0.231. The third-order valence-corrected chi connectivity index (χ3v) is 8.59. The van der Waals surface area contributed by atoms with Gasteiger partial charge in [-0.15, -0.1) is 0 Å². The molecule has 0 bridgehead atoms. The summed E-state index contributed by atoms with van der Waals surface area (Å²) in [5.74, 6) is -2.78. The monoisotopic (exact) mass is 666 g/mol. The van der Waals surface area contributed by atoms with Gasteiger partial charge in [-0.05, 0) is 60.2 Å². The van der Waals surface area contributed by atoms with Crippen LogP contribution in [0.15, 0.2) is 91.0 Å². The van der Waals surface area contributed by atoms with E-state index in [-0.39, 0.29) is 23.4 Å². The Bertz CT molecular complexity index is 1880. The number of nitrogens with zero attached hydrogens (tertiary/aromatic N) is 3. The van der Waals surface area contributed by atoms with Gasteiger partial charge in [0.1, 0.15) is 18.4 Å². The third kappa shape index (κ3) is 6.95. The molecular formula is C37H35FN4O7. The van der Waals surface area contributed by atoms with Crippen LogP contribution in [0.3, 0.4) is 0 Å². The molecular weight excluding hydrogens is 631 g/mol. The fourth-order valence-corrected chi connectivity index (χ4v) is 6.05. The van der Waals surface area contributed by atoms with Crippen molar-refractivity contribution < 1.29 is 37.8 Å². The Morgan fingerprint density at radius 2 is 1.59 bits per heavy atom. The van der Waals surface area contributed by atoms with Crippen LogP contribution in [-0.4, -0.2) is 75.5 Å². The van der Waals surface area contributed by atoms with Crippen molar-refractivity contribution in [3.8, 4) is 11.5 Å². The molecule has 0 aromatic heterocycles. The lowest BCUT2D eigenvalue weighted by Crippen LogP contribution is -2.46. The van der Waals surface area contributed by atoms with Crippen LogP contribution in [0.4, 0.5) is 21.5 Å². The Hall–Kier alpha value is -5.75. The van der Waals surface area contributed by atoms with Crippen LogP contribution in [0, 0.1) is 5.82 Å². The van der Waals surface area contributed by atoms with E-state index in [1.165, 1.54) is 43.4 Å². The number of rotatable bonds is 11. The van der Waals surface area contributed by atoms with Gasteiger partial charge in [0.25, 0.3) is 17.6 Å². The SMILES string of the molecule is COc1ccc(C(C(=O)Nc2ccc(N3CCOCC3)cc2)N(Cc2ccccc2F)C(=O)CN2C(=O)C(=O)c3ccccc32)cc1OC. The molecule has 0 radical (unpaired) electrons. The number of hydrogen-bond acceptors (Lipinski definition) is 8. The maximum Gasteiger partial charge on any atom is 0.299 e. The van der Waals surface area contributed by atoms with Crippen LogP contribution in [0.2, 0.25) is 0 Å². The Kier molecular flexibility index (Phi) is 9.86. The molecule has 11 nitrogen and oxygen atoms in total. The van der Waals surface area contributed by atoms with Crippen molar-refractivity contribution >= 4 is 40.6 Å². The van der Waals surface area contributed by atoms with Gasteiger partial charge in [-0.25, -0.2) is 4.39 Å². The van der Waals surface area contributed by atoms with Crippen LogP contribution in [0.5, 0.6) is 11.5 Å². The molecule has 4 aromatic rings. The lowest BCUT2D eigenvalue weighted by atomic mass is 10.0. The first-order chi connectivity index (χ1) is 23.8. The number of ether oxygens (including phenoxy) is 3. The number of para-hydroxylation sites is 1. The van der Waals surface area contributed by atoms with E-state index in [4.69, 9.17) is 14.2 Å². The molecule has 0 saturated carbocycles. The van der Waals surface area contributed by atoms with Crippen molar-refractivity contribution in [2.45, 2.75) is 12.6 Å². The zero-order chi connectivity index (χ0) is 34.5. The van der Waals surface area contributed by atoms with Gasteiger partial charge in [0.15, 0.2) is 11.5 Å². The van der Waals surface area contributed by atoms with E-state index < -0.39 is 41.9 Å². The summed E-state index contributed by atoms with van der Waals surface area (Å²) in [4.78, 5) is 59.1. The summed E-state index contributed by atoms with van der Waals surface area (Å²) >= 11 is 0. The van der Waals surface area contributed by atoms with Crippen molar-refractivity contribution in [2.75, 3.05) is 62.2 Å². The number of fused-ring (bicyclic) bond motifs is 1. The lowest BCUT2D eigenvalue weighted by Gasteiger charge is -2.33. The zero-order valence-corrected chi connectivity index (χ0v) is 27.1. The van der Waals surface area contributed by atoms with E-state index in [1.807, 2.05) is 12.1 Å². The van der Waals surface area contributed by atoms with Gasteiger partial charge in [-0.2, -0.15) is 0 Å². The highest BCUT2D eigenvalue weighted by molar-refractivity contribution is 6.52. The predicted molar refractivity (Wildman–Crippen MR) is 180 cm³/mol. The smallest absolute Gasteiger partial charge is 0.299 e. The van der Waals surface area contributed by atoms with Crippen LogP contribution >= 0.6 is 0 Å². The average molecular weight is 667 g/mol. The minimum Gasteiger partial charge on any atom is -0.493 e. The van der Waals surface area contributed by atoms with Crippen molar-refractivity contribution in [3.63, 3.8) is 0 Å². The Morgan fingerprint density at radius 3 is 2.31 bits per heavy atom. The summed E-state index contributed by atoms with van der Waals surface area (Å²) in [6, 6.07) is 23.1. The average Bonchev–Trinajstić information content (AvgIpc) is 3.37. The maximum absolute atomic E-state index is 15.2. The number of Topliss-reactive ketones (excluding diaryl/α,β-unsaturated/α-hetero) is 1. The number of morpholine rings is 1. The molecule has 1 N–H and O–H groups in total. The zero-order valence-electron chi connectivity index (χ0n) is 27.1. The Morgan fingerprint density at radius 1 is 0.898 bits per heavy atom. The Labute approximate surface area is 282 Å². The van der Waals surface area contributed by atoms with E-state index in [9.17, 15) is 19.2 Å². The molecule has 1 saturated heterocycles. The van der Waals surface area contributed by atoms with E-state index in [2.05, 4.69) is 10.2 Å². The van der Waals surface area contributed by atoms with Crippen LogP contribution in [0.1, 0.15) is 27.5 Å². The number of carbonyl (C=O) groups excluding carboxylic acids is 4. The number of nitrogens with one attached hydrogen (secondary N) is 1. The molecule has 1 unspecified atom stereocenters. The van der Waals surface area contributed by atoms with Crippen LogP contribution in [0.25, 0.3) is 0 Å². The molecule has 0 spiro atoms. The van der Waals surface area contributed by atoms with Gasteiger partial charge in [0, 0.05) is 36.6 Å². The van der Waals surface area contributed by atoms with Crippen LogP contribution < -0.4 is 24.6 Å². The van der Waals surface area contributed by atoms with Gasteiger partial charge in [0.2, 0.25) is 5.91 Å². The molecule has 1 fully saturated rings. The van der Waals surface area contributed by atoms with E-state index in [0.717, 1.165) is 23.7 Å². The standard InChI is InChI=1S/C37H35FN4O7/c1-47-31-16-11-24(21-32(31)48-2)34(36(45)39-26-12-14-27(15-13-26)40-17-19-49-20-18-40)42(22-25-7-3-5-9-29(25)38)33(43)23-41-30-10-6-4-8-28(30)35(44)37(41)46/h3-16,21,34H,17-20,22-23H2,1-2H3,(H,39,45). The molecule has 2 aliphatic rings. The van der Waals surface area contributed by atoms with Gasteiger partial charge < -0.3 is 29.3 Å². The highest BCUT2D eigenvalue weighted by Crippen LogP contribution is 2.35. The number of amides is 3. The first kappa shape index (κ1) is 33.2. The molecule has 12 heteroatoms. The minimum absolute atomic E-state index is 0.146. The van der Waals surface area contributed by atoms with Crippen molar-refractivity contribution in [1.29, 1.82) is 0 Å². The number of hydrogen-bond donors (Lipinski definition) is 1. The molecule has 2 aliphatic heterocycles. The molecule has 0 aliphatic carbocycles. The Balaban J connectivity index is 1.39. The van der Waals surface area contributed by atoms with E-state index in [1.54, 1.807) is 54.6 Å². The highest BCUT2D eigenvalue weighted by Gasteiger charge is 2.40. The summed E-state index contributed by atoms with van der Waals surface area (Å²) in [6.07, 6.45) is 0. The van der Waals surface area contributed by atoms with Gasteiger partial charge in [-0.1, -0.05) is 36.4 Å². The summed E-state index contributed by atoms with van der Waals surface area (Å²) in [6.45, 7) is 1.85. The number of benzene rings is 4. The molecule has 3 amide bonds. The third-order valence-electron chi connectivity index (χ3n) is 8.59. The van der Waals surface area contributed by atoms with E-state index >= 15 is 4.39 Å². The topological polar surface area (TPSA) is 118 Å². The van der Waals surface area contributed by atoms with Crippen molar-refractivity contribution in [3.05, 3.63) is 114 Å². The summed E-state index contributed by atoms with van der Waals surface area (Å²) in [5.41, 5.74) is 2.39. The fraction of sp³-hybridized carbons (Fsp3) is 0.243. The molecule has 2 heterocycles. The van der Waals surface area contributed by atoms with Gasteiger partial charge in [0.05, 0.1) is 38.7 Å². The second-order valence-corrected chi connectivity index (χ2v) is 11.5. The number of ketones is 1. The van der Waals surface area contributed by atoms with Gasteiger partial charge in [-0.3, -0.25) is 24.1 Å². The summed E-state index contributed by atoms with van der Waals surface area (Å²) < 4.78 is 31.5. The van der Waals surface area contributed by atoms with Crippen molar-refractivity contribution in [1.82, 2.24) is 4.90 Å². The molecule has 49 heavy (non-hydrogen) atoms. The fourth-order valence-electron chi connectivity index (χ4n) is 6.05. The normalized spacial score (nSPS) is 14.7. The lowest BCUT2D eigenvalue weighted by molar-refractivity contribution is -0.139. The molecule has 1 atom stereocenters. The predicted octanol–water partition coefficient (Wildman–Crippen LogP) is 4.62. The second kappa shape index (κ2) is 14.6. The minimum atomic E-state index is -1.34. The van der Waals surface area contributed by atoms with E-state index in [0.29, 0.717) is 36.0 Å². The number of methoxy groups -OCH3 is 2. The summed E-state index contributed by atoms with van der Waals surface area (Å²) in [5, 5.41) is 2.92. The maximum atomic E-state index is 15.2. The molecule has 252 valence electrons. The first-order valence-corrected chi connectivity index (χ1v) is 15.7. The van der Waals surface area contributed by atoms with Crippen molar-refractivity contribution in [2.24, 2.45) is 0 Å². The van der Waals surface area contributed by atoms with Crippen LogP contribution in [-0.2, 0) is 25.7 Å². The summed E-state index contributed by atoms with van der Waals surface area (Å²) in [7, 11) is 2.92. The number of carbonyl (C=O) groups is 4. The molecule has 4 aromatic carbocycles. The first-order valence-electron chi connectivity index (χ1n) is 15.7. The number of halogens is 1. The second-order valence-electron chi connectivity index (χ2n) is 11.5. The highest BCUT2D eigenvalue weighted by atomic mass is 19.1. The van der Waals surface area contributed by atoms with Gasteiger partial charge >= 0.3 is 0 Å².